The van der Waals surface area contributed by atoms with Gasteiger partial charge in [0.2, 0.25) is 0 Å². The van der Waals surface area contributed by atoms with E-state index in [1.807, 2.05) is 0 Å². The molecule has 1 fully saturated rings. The van der Waals surface area contributed by atoms with Crippen molar-refractivity contribution >= 4 is 0 Å². The lowest BCUT2D eigenvalue weighted by atomic mass is 10.3. The Balaban J connectivity index is 2.14. The molecule has 1 atom stereocenters. The van der Waals surface area contributed by atoms with Gasteiger partial charge in [0.15, 0.2) is 0 Å². The molecule has 60 valence electrons. The number of rotatable bonds is 3. The molecular weight excluding hydrogens is 124 g/mol. The highest BCUT2D eigenvalue weighted by molar-refractivity contribution is 4.73. The molecule has 0 bridgehead atoms. The summed E-state index contributed by atoms with van der Waals surface area (Å²) in [7, 11) is 0. The number of nitrogens with one attached hydrogen (secondary N) is 1. The van der Waals surface area contributed by atoms with E-state index < -0.39 is 0 Å². The zero-order valence-electron chi connectivity index (χ0n) is 7.06. The SMILES string of the molecule is CCCCN1CCNC1C. The monoisotopic (exact) mass is 142 g/mol. The lowest BCUT2D eigenvalue weighted by Gasteiger charge is -2.19. The Labute approximate surface area is 63.6 Å². The number of hydrogen-bond donors (Lipinski definition) is 1. The van der Waals surface area contributed by atoms with Crippen molar-refractivity contribution in [3.8, 4) is 0 Å². The Bertz CT molecular complexity index is 93.3. The van der Waals surface area contributed by atoms with E-state index in [-0.39, 0.29) is 0 Å². The third kappa shape index (κ3) is 1.96. The molecular formula is C8H18N2. The van der Waals surface area contributed by atoms with Crippen LogP contribution in [0.25, 0.3) is 0 Å². The average Bonchev–Trinajstić information content (AvgIpc) is 2.31. The van der Waals surface area contributed by atoms with Crippen LogP contribution in [0.2, 0.25) is 0 Å². The van der Waals surface area contributed by atoms with Gasteiger partial charge in [0.05, 0.1) is 6.17 Å². The Morgan fingerprint density at radius 1 is 1.60 bits per heavy atom. The van der Waals surface area contributed by atoms with E-state index in [1.54, 1.807) is 0 Å². The summed E-state index contributed by atoms with van der Waals surface area (Å²) in [6.07, 6.45) is 3.27. The van der Waals surface area contributed by atoms with Crippen LogP contribution >= 0.6 is 0 Å². The second-order valence-electron chi connectivity index (χ2n) is 3.02. The smallest absolute Gasteiger partial charge is 0.0568 e. The summed E-state index contributed by atoms with van der Waals surface area (Å²) in [5.74, 6) is 0. The molecule has 0 amide bonds. The van der Waals surface area contributed by atoms with Crippen LogP contribution in [0.4, 0.5) is 0 Å². The van der Waals surface area contributed by atoms with Crippen LogP contribution in [-0.2, 0) is 0 Å². The van der Waals surface area contributed by atoms with Crippen molar-refractivity contribution in [3.63, 3.8) is 0 Å². The molecule has 2 nitrogen and oxygen atoms in total. The van der Waals surface area contributed by atoms with Crippen LogP contribution in [0, 0.1) is 0 Å². The molecule has 0 aromatic carbocycles. The minimum Gasteiger partial charge on any atom is -0.301 e. The summed E-state index contributed by atoms with van der Waals surface area (Å²) in [6, 6.07) is 0. The molecule has 10 heavy (non-hydrogen) atoms. The first-order valence-electron chi connectivity index (χ1n) is 4.32. The molecule has 1 rings (SSSR count). The number of unbranched alkanes of at least 4 members (excludes halogenated alkanes) is 1. The van der Waals surface area contributed by atoms with Gasteiger partial charge in [-0.1, -0.05) is 13.3 Å². The summed E-state index contributed by atoms with van der Waals surface area (Å²) < 4.78 is 0. The fraction of sp³-hybridized carbons (Fsp3) is 1.00. The van der Waals surface area contributed by atoms with Gasteiger partial charge in [0, 0.05) is 13.1 Å². The predicted octanol–water partition coefficient (Wildman–Crippen LogP) is 1.04. The highest BCUT2D eigenvalue weighted by Crippen LogP contribution is 2.03. The van der Waals surface area contributed by atoms with Crippen LogP contribution in [0.5, 0.6) is 0 Å². The first-order valence-corrected chi connectivity index (χ1v) is 4.32. The van der Waals surface area contributed by atoms with Gasteiger partial charge in [0.1, 0.15) is 0 Å². The van der Waals surface area contributed by atoms with Gasteiger partial charge >= 0.3 is 0 Å². The largest absolute Gasteiger partial charge is 0.301 e. The van der Waals surface area contributed by atoms with E-state index in [0.29, 0.717) is 6.17 Å². The van der Waals surface area contributed by atoms with Crippen molar-refractivity contribution in [1.29, 1.82) is 0 Å². The van der Waals surface area contributed by atoms with Crippen LogP contribution < -0.4 is 5.32 Å². The van der Waals surface area contributed by atoms with E-state index >= 15 is 0 Å². The molecule has 0 aromatic rings. The first-order chi connectivity index (χ1) is 4.84. The molecule has 1 unspecified atom stereocenters. The van der Waals surface area contributed by atoms with Crippen molar-refractivity contribution in [2.75, 3.05) is 19.6 Å². The minimum absolute atomic E-state index is 0.617. The molecule has 1 aliphatic heterocycles. The molecule has 2 heteroatoms. The lowest BCUT2D eigenvalue weighted by Crippen LogP contribution is -2.33. The van der Waals surface area contributed by atoms with E-state index in [4.69, 9.17) is 0 Å². The van der Waals surface area contributed by atoms with Crippen LogP contribution in [0.15, 0.2) is 0 Å². The zero-order chi connectivity index (χ0) is 7.40. The zero-order valence-corrected chi connectivity index (χ0v) is 7.06. The third-order valence-corrected chi connectivity index (χ3v) is 2.19. The van der Waals surface area contributed by atoms with Gasteiger partial charge in [-0.25, -0.2) is 0 Å². The fourth-order valence-corrected chi connectivity index (χ4v) is 1.41. The van der Waals surface area contributed by atoms with Gasteiger partial charge < -0.3 is 5.32 Å². The average molecular weight is 142 g/mol. The number of hydrogen-bond acceptors (Lipinski definition) is 2. The number of nitrogens with zero attached hydrogens (tertiary/aromatic N) is 1. The van der Waals surface area contributed by atoms with E-state index in [1.165, 1.54) is 32.5 Å². The molecule has 1 aliphatic rings. The molecule has 0 radical (unpaired) electrons. The van der Waals surface area contributed by atoms with Crippen LogP contribution in [0.1, 0.15) is 26.7 Å². The minimum atomic E-state index is 0.617. The highest BCUT2D eigenvalue weighted by Gasteiger charge is 2.17. The molecule has 0 aromatic heterocycles. The summed E-state index contributed by atoms with van der Waals surface area (Å²) in [4.78, 5) is 2.50. The maximum Gasteiger partial charge on any atom is 0.0568 e. The highest BCUT2D eigenvalue weighted by atomic mass is 15.3. The molecule has 0 saturated carbocycles. The van der Waals surface area contributed by atoms with E-state index in [0.717, 1.165) is 0 Å². The summed E-state index contributed by atoms with van der Waals surface area (Å²) in [5, 5.41) is 3.40. The van der Waals surface area contributed by atoms with Gasteiger partial charge in [-0.15, -0.1) is 0 Å². The predicted molar refractivity (Wildman–Crippen MR) is 43.9 cm³/mol. The molecule has 1 N–H and O–H groups in total. The van der Waals surface area contributed by atoms with E-state index in [2.05, 4.69) is 24.1 Å². The third-order valence-electron chi connectivity index (χ3n) is 2.19. The van der Waals surface area contributed by atoms with Crippen molar-refractivity contribution in [2.45, 2.75) is 32.9 Å². The maximum atomic E-state index is 3.40. The summed E-state index contributed by atoms with van der Waals surface area (Å²) in [5.41, 5.74) is 0. The Morgan fingerprint density at radius 3 is 2.90 bits per heavy atom. The fourth-order valence-electron chi connectivity index (χ4n) is 1.41. The summed E-state index contributed by atoms with van der Waals surface area (Å²) >= 11 is 0. The van der Waals surface area contributed by atoms with Gasteiger partial charge in [0.25, 0.3) is 0 Å². The quantitative estimate of drug-likeness (QED) is 0.633. The van der Waals surface area contributed by atoms with E-state index in [9.17, 15) is 0 Å². The van der Waals surface area contributed by atoms with Crippen LogP contribution in [-0.4, -0.2) is 30.7 Å². The molecule has 1 heterocycles. The lowest BCUT2D eigenvalue weighted by molar-refractivity contribution is 0.254. The van der Waals surface area contributed by atoms with Crippen molar-refractivity contribution in [2.24, 2.45) is 0 Å². The second-order valence-corrected chi connectivity index (χ2v) is 3.02. The second kappa shape index (κ2) is 3.94. The first kappa shape index (κ1) is 8.02. The van der Waals surface area contributed by atoms with Crippen molar-refractivity contribution in [3.05, 3.63) is 0 Å². The Hall–Kier alpha value is -0.0800. The van der Waals surface area contributed by atoms with Crippen LogP contribution in [0.3, 0.4) is 0 Å². The maximum absolute atomic E-state index is 3.40. The molecule has 1 saturated heterocycles. The van der Waals surface area contributed by atoms with Gasteiger partial charge in [-0.2, -0.15) is 0 Å². The standard InChI is InChI=1S/C8H18N2/c1-3-4-6-10-7-5-9-8(10)2/h8-9H,3-7H2,1-2H3. The topological polar surface area (TPSA) is 15.3 Å². The summed E-state index contributed by atoms with van der Waals surface area (Å²) in [6.45, 7) is 8.16. The van der Waals surface area contributed by atoms with Crippen molar-refractivity contribution < 1.29 is 0 Å². The molecule has 0 aliphatic carbocycles. The Morgan fingerprint density at radius 2 is 2.40 bits per heavy atom. The Kier molecular flexibility index (Phi) is 3.16. The molecule has 0 spiro atoms. The van der Waals surface area contributed by atoms with Gasteiger partial charge in [-0.05, 0) is 19.9 Å². The normalized spacial score (nSPS) is 27.6. The van der Waals surface area contributed by atoms with Gasteiger partial charge in [-0.3, -0.25) is 4.90 Å². The van der Waals surface area contributed by atoms with Crippen molar-refractivity contribution in [1.82, 2.24) is 10.2 Å².